The average molecular weight is 407 g/mol. The predicted octanol–water partition coefficient (Wildman–Crippen LogP) is 3.11. The molecule has 0 aliphatic rings. The predicted molar refractivity (Wildman–Crippen MR) is 111 cm³/mol. The summed E-state index contributed by atoms with van der Waals surface area (Å²) in [5, 5.41) is 2.77. The highest BCUT2D eigenvalue weighted by molar-refractivity contribution is 7.92. The topological polar surface area (TPSA) is 84.9 Å². The van der Waals surface area contributed by atoms with Crippen LogP contribution < -0.4 is 19.1 Å². The van der Waals surface area contributed by atoms with E-state index >= 15 is 0 Å². The van der Waals surface area contributed by atoms with E-state index in [1.807, 2.05) is 26.0 Å². The van der Waals surface area contributed by atoms with Crippen LogP contribution in [0.5, 0.6) is 11.5 Å². The van der Waals surface area contributed by atoms with Gasteiger partial charge in [0.1, 0.15) is 17.5 Å². The van der Waals surface area contributed by atoms with E-state index in [4.69, 9.17) is 9.47 Å². The number of aryl methyl sites for hydroxylation is 2. The summed E-state index contributed by atoms with van der Waals surface area (Å²) in [6.07, 6.45) is 1.06. The van der Waals surface area contributed by atoms with Crippen LogP contribution in [0.2, 0.25) is 0 Å². The summed E-state index contributed by atoms with van der Waals surface area (Å²) in [4.78, 5) is 12.9. The number of methoxy groups -OCH3 is 2. The summed E-state index contributed by atoms with van der Waals surface area (Å²) in [5.41, 5.74) is 2.56. The van der Waals surface area contributed by atoms with Gasteiger partial charge in [-0.25, -0.2) is 8.42 Å². The van der Waals surface area contributed by atoms with Crippen LogP contribution in [0.25, 0.3) is 0 Å². The fraction of sp³-hybridized carbons (Fsp3) is 0.350. The molecule has 2 rings (SSSR count). The highest BCUT2D eigenvalue weighted by Gasteiger charge is 2.31. The van der Waals surface area contributed by atoms with E-state index in [0.29, 0.717) is 22.9 Å². The molecule has 2 aromatic rings. The molecule has 7 nitrogen and oxygen atoms in total. The molecule has 2 aromatic carbocycles. The van der Waals surface area contributed by atoms with E-state index in [2.05, 4.69) is 5.32 Å². The number of benzene rings is 2. The van der Waals surface area contributed by atoms with Gasteiger partial charge in [-0.15, -0.1) is 0 Å². The van der Waals surface area contributed by atoms with E-state index in [1.54, 1.807) is 24.3 Å². The Morgan fingerprint density at radius 3 is 2.07 bits per heavy atom. The number of amides is 1. The van der Waals surface area contributed by atoms with Crippen LogP contribution in [0, 0.1) is 13.8 Å². The molecule has 8 heteroatoms. The molecular formula is C20H26N2O5S. The Balaban J connectivity index is 2.45. The van der Waals surface area contributed by atoms with Crippen molar-refractivity contribution in [2.45, 2.75) is 26.8 Å². The Morgan fingerprint density at radius 1 is 1.00 bits per heavy atom. The minimum Gasteiger partial charge on any atom is -0.495 e. The number of carbonyl (C=O) groups excluding carboxylic acids is 1. The van der Waals surface area contributed by atoms with E-state index in [1.165, 1.54) is 21.1 Å². The van der Waals surface area contributed by atoms with Gasteiger partial charge in [-0.05, 0) is 56.2 Å². The first-order valence-electron chi connectivity index (χ1n) is 8.68. The van der Waals surface area contributed by atoms with Crippen molar-refractivity contribution in [1.82, 2.24) is 0 Å². The Bertz CT molecular complexity index is 973. The van der Waals surface area contributed by atoms with Crippen molar-refractivity contribution in [3.63, 3.8) is 0 Å². The van der Waals surface area contributed by atoms with Crippen molar-refractivity contribution in [1.29, 1.82) is 0 Å². The van der Waals surface area contributed by atoms with Crippen LogP contribution in [0.4, 0.5) is 11.4 Å². The number of nitrogens with one attached hydrogen (secondary N) is 1. The third kappa shape index (κ3) is 4.75. The molecule has 0 aliphatic carbocycles. The summed E-state index contributed by atoms with van der Waals surface area (Å²) < 4.78 is 36.8. The van der Waals surface area contributed by atoms with E-state index in [-0.39, 0.29) is 0 Å². The van der Waals surface area contributed by atoms with Crippen molar-refractivity contribution in [3.8, 4) is 11.5 Å². The Labute approximate surface area is 166 Å². The quantitative estimate of drug-likeness (QED) is 0.764. The van der Waals surface area contributed by atoms with Crippen LogP contribution in [-0.2, 0) is 14.8 Å². The zero-order chi connectivity index (χ0) is 21.1. The lowest BCUT2D eigenvalue weighted by Crippen LogP contribution is -2.45. The molecule has 0 fully saturated rings. The Kier molecular flexibility index (Phi) is 6.56. The highest BCUT2D eigenvalue weighted by Crippen LogP contribution is 2.33. The number of anilines is 2. The first kappa shape index (κ1) is 21.6. The van der Waals surface area contributed by atoms with Crippen molar-refractivity contribution in [3.05, 3.63) is 47.5 Å². The zero-order valence-electron chi connectivity index (χ0n) is 16.9. The molecule has 0 heterocycles. The smallest absolute Gasteiger partial charge is 0.248 e. The van der Waals surface area contributed by atoms with Gasteiger partial charge in [0.15, 0.2) is 0 Å². The second-order valence-corrected chi connectivity index (χ2v) is 8.46. The largest absolute Gasteiger partial charge is 0.495 e. The van der Waals surface area contributed by atoms with Gasteiger partial charge in [-0.3, -0.25) is 9.10 Å². The minimum absolute atomic E-state index is 0.309. The van der Waals surface area contributed by atoms with E-state index < -0.39 is 22.0 Å². The van der Waals surface area contributed by atoms with Gasteiger partial charge >= 0.3 is 0 Å². The lowest BCUT2D eigenvalue weighted by atomic mass is 10.1. The third-order valence-corrected chi connectivity index (χ3v) is 5.50. The molecule has 0 spiro atoms. The van der Waals surface area contributed by atoms with Crippen molar-refractivity contribution in [2.24, 2.45) is 0 Å². The molecule has 1 amide bonds. The van der Waals surface area contributed by atoms with E-state index in [0.717, 1.165) is 21.7 Å². The van der Waals surface area contributed by atoms with Gasteiger partial charge in [0.2, 0.25) is 15.9 Å². The van der Waals surface area contributed by atoms with Crippen molar-refractivity contribution in [2.75, 3.05) is 30.1 Å². The van der Waals surface area contributed by atoms with Gasteiger partial charge < -0.3 is 14.8 Å². The molecule has 1 atom stereocenters. The number of hydrogen-bond acceptors (Lipinski definition) is 5. The lowest BCUT2D eigenvalue weighted by Gasteiger charge is -2.29. The molecule has 1 N–H and O–H groups in total. The first-order chi connectivity index (χ1) is 13.1. The fourth-order valence-electron chi connectivity index (χ4n) is 2.91. The van der Waals surface area contributed by atoms with Crippen molar-refractivity contribution < 1.29 is 22.7 Å². The minimum atomic E-state index is -3.77. The van der Waals surface area contributed by atoms with Crippen LogP contribution >= 0.6 is 0 Å². The molecule has 0 saturated carbocycles. The number of carbonyl (C=O) groups is 1. The van der Waals surface area contributed by atoms with Crippen LogP contribution in [0.15, 0.2) is 36.4 Å². The maximum absolute atomic E-state index is 12.9. The monoisotopic (exact) mass is 406 g/mol. The number of rotatable bonds is 7. The molecule has 0 aromatic heterocycles. The Morgan fingerprint density at radius 2 is 1.54 bits per heavy atom. The molecule has 0 saturated heterocycles. The summed E-state index contributed by atoms with van der Waals surface area (Å²) in [5.74, 6) is 0.367. The highest BCUT2D eigenvalue weighted by atomic mass is 32.2. The summed E-state index contributed by atoms with van der Waals surface area (Å²) in [6, 6.07) is 9.52. The third-order valence-electron chi connectivity index (χ3n) is 4.27. The Hall–Kier alpha value is -2.74. The summed E-state index contributed by atoms with van der Waals surface area (Å²) >= 11 is 0. The van der Waals surface area contributed by atoms with Gasteiger partial charge in [0.25, 0.3) is 0 Å². The number of sulfonamides is 1. The second kappa shape index (κ2) is 8.52. The van der Waals surface area contributed by atoms with Gasteiger partial charge in [-0.2, -0.15) is 0 Å². The molecule has 152 valence electrons. The van der Waals surface area contributed by atoms with E-state index in [9.17, 15) is 13.2 Å². The maximum Gasteiger partial charge on any atom is 0.248 e. The second-order valence-electron chi connectivity index (χ2n) is 6.60. The van der Waals surface area contributed by atoms with Crippen LogP contribution in [0.1, 0.15) is 18.1 Å². The molecular weight excluding hydrogens is 380 g/mol. The van der Waals surface area contributed by atoms with Gasteiger partial charge in [-0.1, -0.05) is 12.1 Å². The maximum atomic E-state index is 12.9. The average Bonchev–Trinajstić information content (AvgIpc) is 2.61. The zero-order valence-corrected chi connectivity index (χ0v) is 17.8. The number of nitrogens with zero attached hydrogens (tertiary/aromatic N) is 1. The van der Waals surface area contributed by atoms with Crippen LogP contribution in [-0.4, -0.2) is 40.8 Å². The molecule has 0 aliphatic heterocycles. The van der Waals surface area contributed by atoms with Crippen LogP contribution in [0.3, 0.4) is 0 Å². The molecule has 1 unspecified atom stereocenters. The molecule has 0 bridgehead atoms. The van der Waals surface area contributed by atoms with Gasteiger partial charge in [0, 0.05) is 0 Å². The molecule has 0 radical (unpaired) electrons. The fourth-order valence-corrected chi connectivity index (χ4v) is 4.08. The number of ether oxygens (including phenoxy) is 2. The molecule has 28 heavy (non-hydrogen) atoms. The van der Waals surface area contributed by atoms with Crippen molar-refractivity contribution >= 4 is 27.3 Å². The number of hydrogen-bond donors (Lipinski definition) is 1. The lowest BCUT2D eigenvalue weighted by molar-refractivity contribution is -0.116. The summed E-state index contributed by atoms with van der Waals surface area (Å²) in [7, 11) is -0.807. The normalized spacial score (nSPS) is 12.2. The van der Waals surface area contributed by atoms with Gasteiger partial charge in [0.05, 0.1) is 31.9 Å². The first-order valence-corrected chi connectivity index (χ1v) is 10.5. The standard InChI is InChI=1S/C20H26N2O5S/c1-13-7-9-18(26-4)16(11-13)21-20(23)15(3)22(28(6,24)25)17-12-14(2)8-10-19(17)27-5/h7-12,15H,1-6H3,(H,21,23). The summed E-state index contributed by atoms with van der Waals surface area (Å²) in [6.45, 7) is 5.26. The SMILES string of the molecule is COc1ccc(C)cc1NC(=O)C(C)N(c1cc(C)ccc1OC)S(C)(=O)=O.